The van der Waals surface area contributed by atoms with Crippen LogP contribution in [-0.2, 0) is 16.6 Å². The van der Waals surface area contributed by atoms with Crippen molar-refractivity contribution in [3.8, 4) is 5.75 Å². The quantitative estimate of drug-likeness (QED) is 0.632. The van der Waals surface area contributed by atoms with E-state index in [0.29, 0.717) is 42.8 Å². The summed E-state index contributed by atoms with van der Waals surface area (Å²) in [6.45, 7) is 4.83. The number of carbonyl (C=O) groups excluding carboxylic acids is 1. The van der Waals surface area contributed by atoms with Crippen LogP contribution in [0.4, 0.5) is 5.69 Å². The van der Waals surface area contributed by atoms with Gasteiger partial charge in [0.05, 0.1) is 24.4 Å². The van der Waals surface area contributed by atoms with Gasteiger partial charge in [-0.3, -0.25) is 9.48 Å². The smallest absolute Gasteiger partial charge is 0.229 e. The monoisotopic (exact) mass is 428 g/mol. The van der Waals surface area contributed by atoms with Crippen LogP contribution in [0, 0.1) is 5.92 Å². The molecule has 0 unspecified atom stereocenters. The number of benzene rings is 1. The summed E-state index contributed by atoms with van der Waals surface area (Å²) in [5.74, 6) is 0.409. The van der Waals surface area contributed by atoms with Crippen molar-refractivity contribution in [3.63, 3.8) is 0 Å². The van der Waals surface area contributed by atoms with Crippen LogP contribution in [0.5, 0.6) is 5.75 Å². The third-order valence-corrected chi connectivity index (χ3v) is 4.83. The van der Waals surface area contributed by atoms with Gasteiger partial charge in [0.15, 0.2) is 0 Å². The molecule has 1 aromatic heterocycles. The molecule has 2 aromatic rings. The molecule has 2 N–H and O–H groups in total. The van der Waals surface area contributed by atoms with Crippen molar-refractivity contribution >= 4 is 35.6 Å². The lowest BCUT2D eigenvalue weighted by molar-refractivity contribution is -0.119. The summed E-state index contributed by atoms with van der Waals surface area (Å²) in [6.07, 6.45) is 3.78. The number of carbonyl (C=O) groups is 1. The van der Waals surface area contributed by atoms with Crippen LogP contribution in [-0.4, -0.2) is 48.6 Å². The van der Waals surface area contributed by atoms with E-state index in [1.54, 1.807) is 22.9 Å². The van der Waals surface area contributed by atoms with Gasteiger partial charge in [-0.1, -0.05) is 11.6 Å². The zero-order chi connectivity index (χ0) is 19.2. The average molecular weight is 429 g/mol. The van der Waals surface area contributed by atoms with Gasteiger partial charge in [0.1, 0.15) is 12.4 Å². The van der Waals surface area contributed by atoms with E-state index >= 15 is 0 Å². The third-order valence-electron chi connectivity index (χ3n) is 4.59. The molecule has 1 fully saturated rings. The lowest BCUT2D eigenvalue weighted by Crippen LogP contribution is -2.28. The van der Waals surface area contributed by atoms with Crippen LogP contribution in [0.2, 0.25) is 5.02 Å². The maximum absolute atomic E-state index is 12.9. The Kier molecular flexibility index (Phi) is 8.57. The fourth-order valence-electron chi connectivity index (χ4n) is 3.24. The van der Waals surface area contributed by atoms with Gasteiger partial charge in [-0.2, -0.15) is 5.10 Å². The Morgan fingerprint density at radius 3 is 2.93 bits per heavy atom. The number of aromatic nitrogens is 2. The minimum Gasteiger partial charge on any atom is -0.489 e. The number of amides is 1. The summed E-state index contributed by atoms with van der Waals surface area (Å²) >= 11 is 6.12. The van der Waals surface area contributed by atoms with Gasteiger partial charge in [0, 0.05) is 43.9 Å². The Morgan fingerprint density at radius 2 is 2.21 bits per heavy atom. The number of anilines is 1. The number of ether oxygens (including phenoxy) is 2. The molecule has 0 aliphatic carbocycles. The van der Waals surface area contributed by atoms with Crippen molar-refractivity contribution < 1.29 is 14.3 Å². The van der Waals surface area contributed by atoms with E-state index in [1.165, 1.54) is 0 Å². The van der Waals surface area contributed by atoms with E-state index in [2.05, 4.69) is 15.7 Å². The molecule has 1 aliphatic rings. The second kappa shape index (κ2) is 10.7. The van der Waals surface area contributed by atoms with Crippen LogP contribution in [0.25, 0.3) is 0 Å². The second-order valence-electron chi connectivity index (χ2n) is 6.49. The largest absolute Gasteiger partial charge is 0.489 e. The van der Waals surface area contributed by atoms with E-state index in [0.717, 1.165) is 12.1 Å². The normalized spacial score (nSPS) is 18.5. The average Bonchev–Trinajstić information content (AvgIpc) is 3.29. The zero-order valence-electron chi connectivity index (χ0n) is 16.0. The van der Waals surface area contributed by atoms with Gasteiger partial charge in [0.2, 0.25) is 5.91 Å². The van der Waals surface area contributed by atoms with Crippen molar-refractivity contribution in [1.29, 1.82) is 0 Å². The molecule has 0 bridgehead atoms. The van der Waals surface area contributed by atoms with Crippen LogP contribution >= 0.6 is 24.0 Å². The van der Waals surface area contributed by atoms with E-state index in [4.69, 9.17) is 21.1 Å². The summed E-state index contributed by atoms with van der Waals surface area (Å²) in [4.78, 5) is 12.9. The summed E-state index contributed by atoms with van der Waals surface area (Å²) < 4.78 is 12.8. The Morgan fingerprint density at radius 1 is 1.39 bits per heavy atom. The maximum atomic E-state index is 12.9. The molecular formula is C19H26Cl2N4O3. The van der Waals surface area contributed by atoms with Crippen LogP contribution in [0.1, 0.15) is 18.4 Å². The molecule has 9 heteroatoms. The summed E-state index contributed by atoms with van der Waals surface area (Å²) in [5, 5.41) is 11.0. The minimum absolute atomic E-state index is 0. The van der Waals surface area contributed by atoms with Crippen LogP contribution in [0.3, 0.4) is 0 Å². The molecule has 28 heavy (non-hydrogen) atoms. The van der Waals surface area contributed by atoms with Crippen molar-refractivity contribution in [2.45, 2.75) is 12.8 Å². The maximum Gasteiger partial charge on any atom is 0.229 e. The zero-order valence-corrected chi connectivity index (χ0v) is 17.6. The standard InChI is InChI=1S/C19H25ClN4O3.ClH/c1-3-26-6-7-27-18-5-4-14(20)8-17(18)23-19(25)16-11-21-10-15(16)13-9-22-24(2)12-13;/h4-5,8-9,12,15-16,21H,3,6-7,10-11H2,1-2H3,(H,23,25);1H/t15-,16+;/m1./s1. The molecule has 1 amide bonds. The summed E-state index contributed by atoms with van der Waals surface area (Å²) in [7, 11) is 1.87. The lowest BCUT2D eigenvalue weighted by Gasteiger charge is -2.19. The number of nitrogens with zero attached hydrogens (tertiary/aromatic N) is 2. The van der Waals surface area contributed by atoms with Crippen molar-refractivity contribution in [2.75, 3.05) is 38.2 Å². The summed E-state index contributed by atoms with van der Waals surface area (Å²) in [6, 6.07) is 5.20. The second-order valence-corrected chi connectivity index (χ2v) is 6.93. The molecular weight excluding hydrogens is 403 g/mol. The highest BCUT2D eigenvalue weighted by Gasteiger charge is 2.35. The molecule has 1 saturated heterocycles. The number of hydrogen-bond donors (Lipinski definition) is 2. The molecule has 1 aromatic carbocycles. The SMILES string of the molecule is CCOCCOc1ccc(Cl)cc1NC(=O)[C@H]1CNC[C@@H]1c1cnn(C)c1.Cl. The third kappa shape index (κ3) is 5.61. The van der Waals surface area contributed by atoms with E-state index in [9.17, 15) is 4.79 Å². The molecule has 0 spiro atoms. The molecule has 7 nitrogen and oxygen atoms in total. The van der Waals surface area contributed by atoms with Gasteiger partial charge in [-0.05, 0) is 30.7 Å². The van der Waals surface area contributed by atoms with Crippen molar-refractivity contribution in [2.24, 2.45) is 13.0 Å². The van der Waals surface area contributed by atoms with E-state index < -0.39 is 0 Å². The van der Waals surface area contributed by atoms with Crippen LogP contribution in [0.15, 0.2) is 30.6 Å². The van der Waals surface area contributed by atoms with Gasteiger partial charge < -0.3 is 20.1 Å². The molecule has 154 valence electrons. The van der Waals surface area contributed by atoms with Gasteiger partial charge in [-0.15, -0.1) is 12.4 Å². The molecule has 1 aliphatic heterocycles. The number of nitrogens with one attached hydrogen (secondary N) is 2. The van der Waals surface area contributed by atoms with Crippen LogP contribution < -0.4 is 15.4 Å². The molecule has 2 heterocycles. The van der Waals surface area contributed by atoms with E-state index in [1.807, 2.05) is 26.4 Å². The number of rotatable bonds is 8. The highest BCUT2D eigenvalue weighted by atomic mass is 35.5. The Bertz CT molecular complexity index is 784. The highest BCUT2D eigenvalue weighted by molar-refractivity contribution is 6.31. The molecule has 3 rings (SSSR count). The lowest BCUT2D eigenvalue weighted by atomic mass is 9.90. The topological polar surface area (TPSA) is 77.4 Å². The Labute approximate surface area is 176 Å². The Hall–Kier alpha value is -1.80. The van der Waals surface area contributed by atoms with Gasteiger partial charge in [-0.25, -0.2) is 0 Å². The molecule has 0 saturated carbocycles. The Balaban J connectivity index is 0.00000280. The summed E-state index contributed by atoms with van der Waals surface area (Å²) in [5.41, 5.74) is 1.63. The number of halogens is 2. The number of hydrogen-bond acceptors (Lipinski definition) is 5. The number of aryl methyl sites for hydroxylation is 1. The predicted molar refractivity (Wildman–Crippen MR) is 112 cm³/mol. The minimum atomic E-state index is -0.190. The molecule has 0 radical (unpaired) electrons. The first kappa shape index (κ1) is 22.5. The van der Waals surface area contributed by atoms with E-state index in [-0.39, 0.29) is 30.2 Å². The fourth-order valence-corrected chi connectivity index (χ4v) is 3.41. The van der Waals surface area contributed by atoms with Crippen molar-refractivity contribution in [3.05, 3.63) is 41.2 Å². The molecule has 2 atom stereocenters. The first-order valence-electron chi connectivity index (χ1n) is 9.08. The fraction of sp³-hybridized carbons (Fsp3) is 0.474. The highest BCUT2D eigenvalue weighted by Crippen LogP contribution is 2.32. The predicted octanol–water partition coefficient (Wildman–Crippen LogP) is 2.85. The van der Waals surface area contributed by atoms with Gasteiger partial charge >= 0.3 is 0 Å². The first-order valence-corrected chi connectivity index (χ1v) is 9.46. The first-order chi connectivity index (χ1) is 13.1. The van der Waals surface area contributed by atoms with Crippen molar-refractivity contribution in [1.82, 2.24) is 15.1 Å². The van der Waals surface area contributed by atoms with Gasteiger partial charge in [0.25, 0.3) is 0 Å².